The molecule has 0 saturated carbocycles. The highest BCUT2D eigenvalue weighted by molar-refractivity contribution is 5.78. The fourth-order valence-corrected chi connectivity index (χ4v) is 1.75. The van der Waals surface area contributed by atoms with Crippen molar-refractivity contribution in [3.05, 3.63) is 0 Å². The molecule has 0 radical (unpaired) electrons. The van der Waals surface area contributed by atoms with Crippen molar-refractivity contribution in [2.24, 2.45) is 16.6 Å². The second kappa shape index (κ2) is 7.46. The summed E-state index contributed by atoms with van der Waals surface area (Å²) < 4.78 is 10.3. The Balaban J connectivity index is 2.21. The maximum Gasteiger partial charge on any atom is 0.188 e. The molecule has 0 aromatic heterocycles. The fourth-order valence-electron chi connectivity index (χ4n) is 1.75. The number of methoxy groups -OCH3 is 1. The van der Waals surface area contributed by atoms with Crippen molar-refractivity contribution in [3.8, 4) is 0 Å². The fraction of sp³-hybridized carbons (Fsp3) is 0.909. The van der Waals surface area contributed by atoms with E-state index in [1.54, 1.807) is 7.11 Å². The predicted molar refractivity (Wildman–Crippen MR) is 64.5 cm³/mol. The van der Waals surface area contributed by atoms with Crippen LogP contribution in [0, 0.1) is 5.92 Å². The van der Waals surface area contributed by atoms with E-state index in [1.807, 2.05) is 6.92 Å². The lowest BCUT2D eigenvalue weighted by Crippen LogP contribution is -2.41. The van der Waals surface area contributed by atoms with Crippen LogP contribution in [0.1, 0.15) is 19.8 Å². The zero-order chi connectivity index (χ0) is 11.8. The lowest BCUT2D eigenvalue weighted by molar-refractivity contribution is 0.0689. The van der Waals surface area contributed by atoms with Gasteiger partial charge in [-0.25, -0.2) is 0 Å². The summed E-state index contributed by atoms with van der Waals surface area (Å²) >= 11 is 0. The lowest BCUT2D eigenvalue weighted by Gasteiger charge is -2.20. The number of hydrogen-bond donors (Lipinski definition) is 2. The van der Waals surface area contributed by atoms with Crippen molar-refractivity contribution in [3.63, 3.8) is 0 Å². The van der Waals surface area contributed by atoms with Gasteiger partial charge in [0, 0.05) is 32.9 Å². The third kappa shape index (κ3) is 5.32. The Bertz CT molecular complexity index is 215. The molecule has 3 N–H and O–H groups in total. The smallest absolute Gasteiger partial charge is 0.188 e. The first-order chi connectivity index (χ1) is 7.72. The van der Waals surface area contributed by atoms with Crippen molar-refractivity contribution in [1.29, 1.82) is 0 Å². The van der Waals surface area contributed by atoms with Crippen LogP contribution in [0.2, 0.25) is 0 Å². The molecule has 16 heavy (non-hydrogen) atoms. The van der Waals surface area contributed by atoms with Gasteiger partial charge in [-0.3, -0.25) is 4.99 Å². The molecule has 1 saturated heterocycles. The molecule has 0 aromatic carbocycles. The third-order valence-corrected chi connectivity index (χ3v) is 2.67. The molecule has 1 aliphatic heterocycles. The van der Waals surface area contributed by atoms with Gasteiger partial charge in [0.05, 0.1) is 6.61 Å². The average Bonchev–Trinajstić information content (AvgIpc) is 2.28. The molecule has 5 nitrogen and oxygen atoms in total. The molecule has 0 spiro atoms. The highest BCUT2D eigenvalue weighted by atomic mass is 16.5. The Kier molecular flexibility index (Phi) is 6.18. The number of aliphatic imine (C=N–C) groups is 1. The molecule has 0 bridgehead atoms. The van der Waals surface area contributed by atoms with E-state index in [0.29, 0.717) is 18.5 Å². The van der Waals surface area contributed by atoms with Crippen molar-refractivity contribution in [2.45, 2.75) is 25.8 Å². The standard InChI is InChI=1S/C11H23N3O2/c1-9(8-15-2)14-11(12)13-7-10-3-5-16-6-4-10/h9-10H,3-8H2,1-2H3,(H3,12,13,14). The second-order valence-corrected chi connectivity index (χ2v) is 4.28. The topological polar surface area (TPSA) is 68.9 Å². The number of rotatable bonds is 5. The molecule has 1 aliphatic rings. The molecular weight excluding hydrogens is 206 g/mol. The number of ether oxygens (including phenoxy) is 2. The minimum atomic E-state index is 0.198. The van der Waals surface area contributed by atoms with Crippen LogP contribution < -0.4 is 11.1 Å². The number of hydrogen-bond acceptors (Lipinski definition) is 3. The van der Waals surface area contributed by atoms with Crippen molar-refractivity contribution in [2.75, 3.05) is 33.5 Å². The van der Waals surface area contributed by atoms with Crippen LogP contribution in [-0.2, 0) is 9.47 Å². The van der Waals surface area contributed by atoms with Crippen LogP contribution in [0.15, 0.2) is 4.99 Å². The van der Waals surface area contributed by atoms with Crippen LogP contribution in [0.3, 0.4) is 0 Å². The number of nitrogens with one attached hydrogen (secondary N) is 1. The van der Waals surface area contributed by atoms with E-state index in [1.165, 1.54) is 0 Å². The molecule has 1 heterocycles. The maximum atomic E-state index is 5.77. The first-order valence-corrected chi connectivity index (χ1v) is 5.85. The molecule has 1 atom stereocenters. The van der Waals surface area contributed by atoms with E-state index in [-0.39, 0.29) is 6.04 Å². The van der Waals surface area contributed by atoms with Gasteiger partial charge in [0.25, 0.3) is 0 Å². The summed E-state index contributed by atoms with van der Waals surface area (Å²) in [6.45, 7) is 5.15. The molecule has 1 fully saturated rings. The first-order valence-electron chi connectivity index (χ1n) is 5.85. The zero-order valence-electron chi connectivity index (χ0n) is 10.2. The number of nitrogens with two attached hydrogens (primary N) is 1. The first kappa shape index (κ1) is 13.3. The van der Waals surface area contributed by atoms with Crippen LogP contribution in [-0.4, -0.2) is 45.5 Å². The second-order valence-electron chi connectivity index (χ2n) is 4.28. The van der Waals surface area contributed by atoms with E-state index < -0.39 is 0 Å². The van der Waals surface area contributed by atoms with Gasteiger partial charge in [-0.05, 0) is 25.7 Å². The monoisotopic (exact) mass is 229 g/mol. The minimum Gasteiger partial charge on any atom is -0.383 e. The van der Waals surface area contributed by atoms with Gasteiger partial charge in [-0.15, -0.1) is 0 Å². The summed E-state index contributed by atoms with van der Waals surface area (Å²) in [7, 11) is 1.67. The highest BCUT2D eigenvalue weighted by Gasteiger charge is 2.13. The molecule has 0 aromatic rings. The summed E-state index contributed by atoms with van der Waals surface area (Å²) in [5.41, 5.74) is 5.77. The van der Waals surface area contributed by atoms with E-state index in [2.05, 4.69) is 10.3 Å². The summed E-state index contributed by atoms with van der Waals surface area (Å²) in [5, 5.41) is 3.09. The quantitative estimate of drug-likeness (QED) is 0.527. The van der Waals surface area contributed by atoms with Crippen LogP contribution in [0.5, 0.6) is 0 Å². The molecule has 1 unspecified atom stereocenters. The molecule has 94 valence electrons. The van der Waals surface area contributed by atoms with Crippen molar-refractivity contribution >= 4 is 5.96 Å². The van der Waals surface area contributed by atoms with Gasteiger partial charge in [-0.2, -0.15) is 0 Å². The Morgan fingerprint density at radius 3 is 2.88 bits per heavy atom. The van der Waals surface area contributed by atoms with E-state index in [9.17, 15) is 0 Å². The van der Waals surface area contributed by atoms with E-state index in [4.69, 9.17) is 15.2 Å². The Hall–Kier alpha value is -0.810. The van der Waals surface area contributed by atoms with Gasteiger partial charge in [0.2, 0.25) is 0 Å². The Labute approximate surface area is 97.4 Å². The van der Waals surface area contributed by atoms with Crippen LogP contribution in [0.25, 0.3) is 0 Å². The number of nitrogens with zero attached hydrogens (tertiary/aromatic N) is 1. The SMILES string of the molecule is COCC(C)NC(N)=NCC1CCOCC1. The highest BCUT2D eigenvalue weighted by Crippen LogP contribution is 2.14. The average molecular weight is 229 g/mol. The summed E-state index contributed by atoms with van der Waals surface area (Å²) in [5.74, 6) is 1.13. The van der Waals surface area contributed by atoms with Gasteiger partial charge in [-0.1, -0.05) is 0 Å². The predicted octanol–water partition coefficient (Wildman–Crippen LogP) is 0.352. The molecular formula is C11H23N3O2. The largest absolute Gasteiger partial charge is 0.383 e. The normalized spacial score (nSPS) is 20.8. The van der Waals surface area contributed by atoms with Crippen LogP contribution in [0.4, 0.5) is 0 Å². The van der Waals surface area contributed by atoms with Crippen molar-refractivity contribution in [1.82, 2.24) is 5.32 Å². The summed E-state index contributed by atoms with van der Waals surface area (Å²) in [6.07, 6.45) is 2.18. The summed E-state index contributed by atoms with van der Waals surface area (Å²) in [4.78, 5) is 4.34. The molecule has 1 rings (SSSR count). The van der Waals surface area contributed by atoms with Gasteiger partial charge in [0.15, 0.2) is 5.96 Å². The van der Waals surface area contributed by atoms with Gasteiger partial charge < -0.3 is 20.5 Å². The molecule has 5 heteroatoms. The third-order valence-electron chi connectivity index (χ3n) is 2.67. The van der Waals surface area contributed by atoms with E-state index >= 15 is 0 Å². The van der Waals surface area contributed by atoms with Gasteiger partial charge in [0.1, 0.15) is 0 Å². The Morgan fingerprint density at radius 1 is 1.56 bits per heavy atom. The Morgan fingerprint density at radius 2 is 2.25 bits per heavy atom. The maximum absolute atomic E-state index is 5.77. The van der Waals surface area contributed by atoms with Crippen molar-refractivity contribution < 1.29 is 9.47 Å². The van der Waals surface area contributed by atoms with Gasteiger partial charge >= 0.3 is 0 Å². The van der Waals surface area contributed by atoms with E-state index in [0.717, 1.165) is 32.6 Å². The molecule has 0 aliphatic carbocycles. The van der Waals surface area contributed by atoms with Crippen LogP contribution >= 0.6 is 0 Å². The minimum absolute atomic E-state index is 0.198. The zero-order valence-corrected chi connectivity index (χ0v) is 10.2. The summed E-state index contributed by atoms with van der Waals surface area (Å²) in [6, 6.07) is 0.198. The lowest BCUT2D eigenvalue weighted by atomic mass is 10.0. The molecule has 0 amide bonds. The number of guanidine groups is 1.